The number of para-hydroxylation sites is 1. The number of nitrogens with zero attached hydrogens (tertiary/aromatic N) is 1. The molecule has 7 heteroatoms. The van der Waals surface area contributed by atoms with E-state index in [0.29, 0.717) is 22.5 Å². The van der Waals surface area contributed by atoms with Crippen LogP contribution in [0.3, 0.4) is 0 Å². The summed E-state index contributed by atoms with van der Waals surface area (Å²) >= 11 is 0. The van der Waals surface area contributed by atoms with Crippen molar-refractivity contribution in [1.82, 2.24) is 0 Å². The summed E-state index contributed by atoms with van der Waals surface area (Å²) in [4.78, 5) is 12.9. The quantitative estimate of drug-likeness (QED) is 0.373. The first-order valence-electron chi connectivity index (χ1n) is 10.6. The largest absolute Gasteiger partial charge is 0.321 e. The maximum Gasteiger partial charge on any atom is 0.255 e. The highest BCUT2D eigenvalue weighted by atomic mass is 32.2. The number of rotatable bonds is 7. The molecule has 0 heterocycles. The van der Waals surface area contributed by atoms with E-state index in [1.807, 2.05) is 54.6 Å². The second-order valence-electron chi connectivity index (χ2n) is 7.81. The zero-order valence-corrected chi connectivity index (χ0v) is 19.3. The Balaban J connectivity index is 1.55. The molecule has 0 spiro atoms. The Hall–Kier alpha value is -3.97. The summed E-state index contributed by atoms with van der Waals surface area (Å²) < 4.78 is 39.2. The highest BCUT2D eigenvalue weighted by Crippen LogP contribution is 2.28. The molecule has 0 aromatic heterocycles. The molecule has 0 saturated heterocycles. The second kappa shape index (κ2) is 9.89. The fraction of sp³-hybridized carbons (Fsp3) is 0.0741. The van der Waals surface area contributed by atoms with Crippen molar-refractivity contribution in [3.8, 4) is 11.1 Å². The van der Waals surface area contributed by atoms with Gasteiger partial charge in [0.05, 0.1) is 18.5 Å². The first kappa shape index (κ1) is 23.2. The molecule has 0 fully saturated rings. The summed E-state index contributed by atoms with van der Waals surface area (Å²) in [5, 5.41) is 2.94. The van der Waals surface area contributed by atoms with Gasteiger partial charge in [-0.05, 0) is 53.6 Å². The monoisotopic (exact) mass is 474 g/mol. The zero-order valence-electron chi connectivity index (χ0n) is 18.5. The van der Waals surface area contributed by atoms with E-state index in [1.165, 1.54) is 16.4 Å². The van der Waals surface area contributed by atoms with Crippen molar-refractivity contribution in [2.75, 3.05) is 15.9 Å². The molecule has 4 rings (SSSR count). The first-order valence-corrected chi connectivity index (χ1v) is 12.4. The third-order valence-corrected chi connectivity index (χ3v) is 6.46. The Bertz CT molecular complexity index is 1390. The molecular formula is C27H23FN2O3S. The molecule has 5 nitrogen and oxygen atoms in total. The second-order valence-corrected chi connectivity index (χ2v) is 9.72. The number of nitrogens with one attached hydrogen (secondary N) is 1. The van der Waals surface area contributed by atoms with Crippen LogP contribution in [0.1, 0.15) is 15.9 Å². The van der Waals surface area contributed by atoms with Crippen LogP contribution >= 0.6 is 0 Å². The molecule has 0 saturated carbocycles. The van der Waals surface area contributed by atoms with Crippen LogP contribution in [-0.2, 0) is 16.6 Å². The van der Waals surface area contributed by atoms with Crippen LogP contribution in [0.5, 0.6) is 0 Å². The van der Waals surface area contributed by atoms with Crippen molar-refractivity contribution >= 4 is 27.3 Å². The smallest absolute Gasteiger partial charge is 0.255 e. The Kier molecular flexibility index (Phi) is 6.75. The highest BCUT2D eigenvalue weighted by molar-refractivity contribution is 7.92. The van der Waals surface area contributed by atoms with E-state index in [2.05, 4.69) is 5.32 Å². The molecule has 0 atom stereocenters. The third kappa shape index (κ3) is 5.50. The van der Waals surface area contributed by atoms with E-state index < -0.39 is 10.0 Å². The maximum absolute atomic E-state index is 13.2. The number of benzene rings is 4. The number of carbonyl (C=O) groups excluding carboxylic acids is 1. The molecule has 1 amide bonds. The van der Waals surface area contributed by atoms with E-state index in [9.17, 15) is 17.6 Å². The Morgan fingerprint density at radius 2 is 1.44 bits per heavy atom. The lowest BCUT2D eigenvalue weighted by Crippen LogP contribution is -2.29. The van der Waals surface area contributed by atoms with Crippen LogP contribution in [0.15, 0.2) is 103 Å². The molecule has 0 radical (unpaired) electrons. The number of anilines is 2. The number of sulfonamides is 1. The molecular weight excluding hydrogens is 451 g/mol. The predicted octanol–water partition coefficient (Wildman–Crippen LogP) is 5.71. The summed E-state index contributed by atoms with van der Waals surface area (Å²) in [5.41, 5.74) is 4.01. The number of hydrogen-bond donors (Lipinski definition) is 1. The maximum atomic E-state index is 13.2. The van der Waals surface area contributed by atoms with E-state index in [4.69, 9.17) is 0 Å². The molecule has 1 N–H and O–H groups in total. The Morgan fingerprint density at radius 1 is 0.824 bits per heavy atom. The van der Waals surface area contributed by atoms with Gasteiger partial charge < -0.3 is 5.32 Å². The van der Waals surface area contributed by atoms with Gasteiger partial charge in [0, 0.05) is 16.8 Å². The summed E-state index contributed by atoms with van der Waals surface area (Å²) in [6.45, 7) is 0.0507. The van der Waals surface area contributed by atoms with E-state index >= 15 is 0 Å². The minimum atomic E-state index is -3.61. The normalized spacial score (nSPS) is 11.1. The lowest BCUT2D eigenvalue weighted by atomic mass is 10.0. The average molecular weight is 475 g/mol. The molecule has 0 aliphatic heterocycles. The van der Waals surface area contributed by atoms with Gasteiger partial charge in [0.2, 0.25) is 10.0 Å². The Morgan fingerprint density at radius 3 is 2.09 bits per heavy atom. The van der Waals surface area contributed by atoms with Gasteiger partial charge in [0.1, 0.15) is 5.82 Å². The van der Waals surface area contributed by atoms with Gasteiger partial charge >= 0.3 is 0 Å². The Labute approximate surface area is 198 Å². The number of halogens is 1. The van der Waals surface area contributed by atoms with Crippen LogP contribution in [0.4, 0.5) is 15.8 Å². The fourth-order valence-electron chi connectivity index (χ4n) is 3.59. The number of amides is 1. The van der Waals surface area contributed by atoms with E-state index in [-0.39, 0.29) is 18.3 Å². The molecule has 34 heavy (non-hydrogen) atoms. The summed E-state index contributed by atoms with van der Waals surface area (Å²) in [7, 11) is -3.61. The van der Waals surface area contributed by atoms with Gasteiger partial charge in [0.25, 0.3) is 5.91 Å². The van der Waals surface area contributed by atoms with Crippen molar-refractivity contribution < 1.29 is 17.6 Å². The topological polar surface area (TPSA) is 66.5 Å². The van der Waals surface area contributed by atoms with Gasteiger partial charge in [0.15, 0.2) is 0 Å². The van der Waals surface area contributed by atoms with Crippen molar-refractivity contribution in [2.45, 2.75) is 6.54 Å². The highest BCUT2D eigenvalue weighted by Gasteiger charge is 2.19. The molecule has 0 aliphatic carbocycles. The SMILES string of the molecule is CS(=O)(=O)N(Cc1ccc(F)cc1)c1ccc(C(=O)Nc2ccccc2-c2ccccc2)cc1. The van der Waals surface area contributed by atoms with Gasteiger partial charge in [-0.1, -0.05) is 60.7 Å². The molecule has 0 aliphatic rings. The van der Waals surface area contributed by atoms with E-state index in [0.717, 1.165) is 17.4 Å². The van der Waals surface area contributed by atoms with Gasteiger partial charge in [-0.3, -0.25) is 9.10 Å². The minimum Gasteiger partial charge on any atom is -0.321 e. The summed E-state index contributed by atoms with van der Waals surface area (Å²) in [6, 6.07) is 29.3. The minimum absolute atomic E-state index is 0.0507. The predicted molar refractivity (Wildman–Crippen MR) is 134 cm³/mol. The summed E-state index contributed by atoms with van der Waals surface area (Å²) in [6.07, 6.45) is 1.11. The van der Waals surface area contributed by atoms with Crippen LogP contribution < -0.4 is 9.62 Å². The van der Waals surface area contributed by atoms with Crippen molar-refractivity contribution in [3.63, 3.8) is 0 Å². The van der Waals surface area contributed by atoms with Gasteiger partial charge in [-0.2, -0.15) is 0 Å². The van der Waals surface area contributed by atoms with Gasteiger partial charge in [-0.15, -0.1) is 0 Å². The molecule has 4 aromatic rings. The third-order valence-electron chi connectivity index (χ3n) is 5.32. The van der Waals surface area contributed by atoms with Crippen molar-refractivity contribution in [3.05, 3.63) is 120 Å². The average Bonchev–Trinajstić information content (AvgIpc) is 2.84. The van der Waals surface area contributed by atoms with Crippen molar-refractivity contribution in [1.29, 1.82) is 0 Å². The van der Waals surface area contributed by atoms with Crippen molar-refractivity contribution in [2.24, 2.45) is 0 Å². The zero-order chi connectivity index (χ0) is 24.1. The van der Waals surface area contributed by atoms with Crippen LogP contribution in [-0.4, -0.2) is 20.6 Å². The van der Waals surface area contributed by atoms with Crippen LogP contribution in [0.2, 0.25) is 0 Å². The van der Waals surface area contributed by atoms with Gasteiger partial charge in [-0.25, -0.2) is 12.8 Å². The van der Waals surface area contributed by atoms with Crippen LogP contribution in [0, 0.1) is 5.82 Å². The lowest BCUT2D eigenvalue weighted by Gasteiger charge is -2.23. The van der Waals surface area contributed by atoms with E-state index in [1.54, 1.807) is 36.4 Å². The lowest BCUT2D eigenvalue weighted by molar-refractivity contribution is 0.102. The number of carbonyl (C=O) groups is 1. The first-order chi connectivity index (χ1) is 16.3. The molecule has 4 aromatic carbocycles. The molecule has 172 valence electrons. The molecule has 0 unspecified atom stereocenters. The molecule has 0 bridgehead atoms. The van der Waals surface area contributed by atoms with Crippen LogP contribution in [0.25, 0.3) is 11.1 Å². The fourth-order valence-corrected chi connectivity index (χ4v) is 4.48. The summed E-state index contributed by atoms with van der Waals surface area (Å²) in [5.74, 6) is -0.696. The standard InChI is InChI=1S/C27H23FN2O3S/c1-34(32,33)30(19-20-11-15-23(28)16-12-20)24-17-13-22(14-18-24)27(31)29-26-10-6-5-9-25(26)21-7-3-2-4-8-21/h2-18H,19H2,1H3,(H,29,31). The number of hydrogen-bond acceptors (Lipinski definition) is 3.